The summed E-state index contributed by atoms with van der Waals surface area (Å²) in [5, 5.41) is 8.93. The van der Waals surface area contributed by atoms with Crippen LogP contribution in [-0.4, -0.2) is 30.2 Å². The van der Waals surface area contributed by atoms with Gasteiger partial charge in [-0.2, -0.15) is 10.2 Å². The molecule has 33 heavy (non-hydrogen) atoms. The second-order valence-electron chi connectivity index (χ2n) is 8.68. The number of hydrogen-bond donors (Lipinski definition) is 0. The van der Waals surface area contributed by atoms with E-state index in [-0.39, 0.29) is 23.2 Å². The van der Waals surface area contributed by atoms with Crippen molar-refractivity contribution in [2.45, 2.75) is 39.5 Å². The summed E-state index contributed by atoms with van der Waals surface area (Å²) in [5.41, 5.74) is 4.95. The fourth-order valence-corrected chi connectivity index (χ4v) is 4.98. The highest BCUT2D eigenvalue weighted by Gasteiger charge is 2.38. The molecule has 1 unspecified atom stereocenters. The van der Waals surface area contributed by atoms with Crippen molar-refractivity contribution in [3.63, 3.8) is 0 Å². The molecule has 0 bridgehead atoms. The van der Waals surface area contributed by atoms with Gasteiger partial charge in [-0.1, -0.05) is 6.92 Å². The van der Waals surface area contributed by atoms with E-state index in [1.165, 1.54) is 0 Å². The summed E-state index contributed by atoms with van der Waals surface area (Å²) in [5.74, 6) is -4.62. The molecule has 170 valence electrons. The molecule has 1 aromatic carbocycles. The molecule has 0 fully saturated rings. The van der Waals surface area contributed by atoms with Crippen LogP contribution in [0.25, 0.3) is 16.9 Å². The van der Waals surface area contributed by atoms with Gasteiger partial charge in [0.25, 0.3) is 0 Å². The van der Waals surface area contributed by atoms with Gasteiger partial charge in [0.1, 0.15) is 5.69 Å². The van der Waals surface area contributed by atoms with Crippen LogP contribution in [0.5, 0.6) is 0 Å². The Morgan fingerprint density at radius 3 is 2.55 bits per heavy atom. The zero-order valence-corrected chi connectivity index (χ0v) is 18.7. The van der Waals surface area contributed by atoms with Crippen LogP contribution in [0, 0.1) is 37.2 Å². The Morgan fingerprint density at radius 1 is 1.15 bits per heavy atom. The van der Waals surface area contributed by atoms with E-state index in [0.29, 0.717) is 41.3 Å². The van der Waals surface area contributed by atoms with Crippen molar-refractivity contribution in [3.05, 3.63) is 70.1 Å². The molecule has 0 saturated carbocycles. The van der Waals surface area contributed by atoms with Crippen molar-refractivity contribution in [1.82, 2.24) is 24.4 Å². The van der Waals surface area contributed by atoms with Crippen LogP contribution in [0.1, 0.15) is 52.3 Å². The van der Waals surface area contributed by atoms with Crippen LogP contribution in [0.4, 0.5) is 13.2 Å². The monoisotopic (exact) mass is 453 g/mol. The largest absolute Gasteiger partial charge is 0.292 e. The van der Waals surface area contributed by atoms with Gasteiger partial charge in [-0.15, -0.1) is 0 Å². The molecule has 6 nitrogen and oxygen atoms in total. The van der Waals surface area contributed by atoms with Crippen LogP contribution in [0.2, 0.25) is 0 Å². The van der Waals surface area contributed by atoms with Gasteiger partial charge in [-0.3, -0.25) is 9.48 Å². The molecule has 0 radical (unpaired) electrons. The molecular weight excluding hydrogens is 431 g/mol. The molecule has 0 N–H and O–H groups in total. The van der Waals surface area contributed by atoms with Crippen molar-refractivity contribution in [1.29, 1.82) is 0 Å². The number of Topliss-reactive ketones (excluding diaryl/α,β-unsaturated/α-hetero) is 1. The standard InChI is InChI=1S/C24H22F3N5O/c1-11-7-8-28-32-21(13(3)29-24(11)32)23(33)15-5-6-16-20(12(15)2)30-31(4)22(16)14-9-17(25)19(27)18(26)10-14/h7-10,12,15H,5-6H2,1-4H3/t12-,15?/m1/s1. The molecule has 0 saturated heterocycles. The lowest BCUT2D eigenvalue weighted by Crippen LogP contribution is -2.28. The van der Waals surface area contributed by atoms with Crippen molar-refractivity contribution in [3.8, 4) is 11.3 Å². The molecule has 0 aliphatic heterocycles. The number of benzene rings is 1. The van der Waals surface area contributed by atoms with Crippen LogP contribution in [0.3, 0.4) is 0 Å². The topological polar surface area (TPSA) is 65.1 Å². The van der Waals surface area contributed by atoms with Gasteiger partial charge in [0.15, 0.2) is 28.9 Å². The normalized spacial score (nSPS) is 18.0. The maximum Gasteiger partial charge on any atom is 0.194 e. The minimum absolute atomic E-state index is 0.0534. The van der Waals surface area contributed by atoms with Gasteiger partial charge in [0.05, 0.1) is 17.1 Å². The Morgan fingerprint density at radius 2 is 1.85 bits per heavy atom. The van der Waals surface area contributed by atoms with Crippen LogP contribution in [0.15, 0.2) is 24.4 Å². The Labute approximate surface area is 188 Å². The highest BCUT2D eigenvalue weighted by Crippen LogP contribution is 2.42. The number of carbonyl (C=O) groups excluding carboxylic acids is 1. The van der Waals surface area contributed by atoms with Crippen LogP contribution in [-0.2, 0) is 13.5 Å². The van der Waals surface area contributed by atoms with Crippen molar-refractivity contribution in [2.75, 3.05) is 0 Å². The summed E-state index contributed by atoms with van der Waals surface area (Å²) in [4.78, 5) is 18.2. The first-order valence-corrected chi connectivity index (χ1v) is 10.7. The number of halogens is 3. The summed E-state index contributed by atoms with van der Waals surface area (Å²) >= 11 is 0. The van der Waals surface area contributed by atoms with E-state index in [4.69, 9.17) is 0 Å². The zero-order valence-electron chi connectivity index (χ0n) is 18.7. The molecule has 3 heterocycles. The summed E-state index contributed by atoms with van der Waals surface area (Å²) in [6.45, 7) is 5.65. The number of fused-ring (bicyclic) bond motifs is 2. The van der Waals surface area contributed by atoms with E-state index >= 15 is 0 Å². The first-order valence-electron chi connectivity index (χ1n) is 10.7. The number of ketones is 1. The number of aryl methyl sites for hydroxylation is 3. The smallest absolute Gasteiger partial charge is 0.194 e. The number of imidazole rings is 1. The number of nitrogens with zero attached hydrogens (tertiary/aromatic N) is 5. The number of aromatic nitrogens is 5. The highest BCUT2D eigenvalue weighted by molar-refractivity contribution is 5.99. The van der Waals surface area contributed by atoms with Crippen molar-refractivity contribution in [2.24, 2.45) is 13.0 Å². The lowest BCUT2D eigenvalue weighted by Gasteiger charge is -2.27. The number of rotatable bonds is 3. The number of hydrogen-bond acceptors (Lipinski definition) is 4. The van der Waals surface area contributed by atoms with Gasteiger partial charge in [0, 0.05) is 36.2 Å². The molecule has 0 amide bonds. The predicted octanol–water partition coefficient (Wildman–Crippen LogP) is 4.71. The lowest BCUT2D eigenvalue weighted by atomic mass is 9.75. The molecule has 0 spiro atoms. The van der Waals surface area contributed by atoms with E-state index in [1.807, 2.05) is 19.9 Å². The molecule has 2 atom stereocenters. The number of carbonyl (C=O) groups is 1. The minimum Gasteiger partial charge on any atom is -0.292 e. The van der Waals surface area contributed by atoms with Gasteiger partial charge >= 0.3 is 0 Å². The molecule has 5 rings (SSSR count). The first-order chi connectivity index (χ1) is 15.7. The molecule has 9 heteroatoms. The third-order valence-electron chi connectivity index (χ3n) is 6.63. The zero-order chi connectivity index (χ0) is 23.6. The molecule has 3 aromatic heterocycles. The maximum absolute atomic E-state index is 13.9. The Bertz CT molecular complexity index is 1410. The third-order valence-corrected chi connectivity index (χ3v) is 6.63. The van der Waals surface area contributed by atoms with Crippen LogP contribution < -0.4 is 0 Å². The second kappa shape index (κ2) is 7.54. The van der Waals surface area contributed by atoms with Crippen molar-refractivity contribution >= 4 is 11.4 Å². The SMILES string of the molecule is Cc1nc2c(C)ccnn2c1C(=O)C1CCc2c(nn(C)c2-c2cc(F)c(F)c(F)c2)[C@@H]1C. The fourth-order valence-electron chi connectivity index (χ4n) is 4.98. The summed E-state index contributed by atoms with van der Waals surface area (Å²) < 4.78 is 44.4. The predicted molar refractivity (Wildman–Crippen MR) is 116 cm³/mol. The van der Waals surface area contributed by atoms with Crippen LogP contribution >= 0.6 is 0 Å². The summed E-state index contributed by atoms with van der Waals surface area (Å²) in [6, 6.07) is 3.81. The first kappa shape index (κ1) is 21.4. The Kier molecular flexibility index (Phi) is 4.88. The van der Waals surface area contributed by atoms with E-state index in [9.17, 15) is 18.0 Å². The second-order valence-corrected chi connectivity index (χ2v) is 8.68. The van der Waals surface area contributed by atoms with E-state index in [1.54, 1.807) is 29.4 Å². The Balaban J connectivity index is 1.55. The molecule has 4 aromatic rings. The highest BCUT2D eigenvalue weighted by atomic mass is 19.2. The van der Waals surface area contributed by atoms with Crippen molar-refractivity contribution < 1.29 is 18.0 Å². The summed E-state index contributed by atoms with van der Waals surface area (Å²) in [6.07, 6.45) is 2.69. The van der Waals surface area contributed by atoms with Gasteiger partial charge in [0.2, 0.25) is 0 Å². The molecule has 1 aliphatic rings. The molecule has 1 aliphatic carbocycles. The van der Waals surface area contributed by atoms with E-state index in [2.05, 4.69) is 15.2 Å². The minimum atomic E-state index is -1.50. The molecular formula is C24H22F3N5O. The average Bonchev–Trinajstić information content (AvgIpc) is 3.29. The third kappa shape index (κ3) is 3.17. The van der Waals surface area contributed by atoms with Gasteiger partial charge < -0.3 is 0 Å². The Hall–Kier alpha value is -3.49. The quantitative estimate of drug-likeness (QED) is 0.333. The summed E-state index contributed by atoms with van der Waals surface area (Å²) in [7, 11) is 1.68. The van der Waals surface area contributed by atoms with Gasteiger partial charge in [-0.25, -0.2) is 22.7 Å². The fraction of sp³-hybridized carbons (Fsp3) is 0.333. The van der Waals surface area contributed by atoms with E-state index in [0.717, 1.165) is 23.3 Å². The van der Waals surface area contributed by atoms with E-state index < -0.39 is 17.5 Å². The maximum atomic E-state index is 13.9. The lowest BCUT2D eigenvalue weighted by molar-refractivity contribution is 0.0881. The average molecular weight is 453 g/mol. The van der Waals surface area contributed by atoms with Gasteiger partial charge in [-0.05, 0) is 50.5 Å².